The van der Waals surface area contributed by atoms with E-state index in [2.05, 4.69) is 10.3 Å². The zero-order valence-corrected chi connectivity index (χ0v) is 9.77. The van der Waals surface area contributed by atoms with Crippen LogP contribution in [0.1, 0.15) is 17.0 Å². The largest absolute Gasteiger partial charge is 0.439 e. The van der Waals surface area contributed by atoms with Crippen molar-refractivity contribution in [3.63, 3.8) is 0 Å². The molecular formula is C11H13ClN2O. The Bertz CT molecular complexity index is 505. The van der Waals surface area contributed by atoms with Crippen LogP contribution in [0.3, 0.4) is 0 Å². The van der Waals surface area contributed by atoms with Crippen molar-refractivity contribution < 1.29 is 4.42 Å². The molecule has 0 aliphatic heterocycles. The number of halogens is 1. The van der Waals surface area contributed by atoms with Crippen molar-refractivity contribution in [2.45, 2.75) is 20.4 Å². The number of hydrogen-bond acceptors (Lipinski definition) is 3. The van der Waals surface area contributed by atoms with Gasteiger partial charge in [0.05, 0.1) is 6.54 Å². The maximum absolute atomic E-state index is 6.15. The fourth-order valence-electron chi connectivity index (χ4n) is 1.63. The zero-order chi connectivity index (χ0) is 11.0. The molecule has 2 rings (SSSR count). The number of aryl methyl sites for hydroxylation is 2. The Kier molecular flexibility index (Phi) is 2.67. The maximum Gasteiger partial charge on any atom is 0.209 e. The number of benzene rings is 1. The summed E-state index contributed by atoms with van der Waals surface area (Å²) in [5.41, 5.74) is 3.67. The average molecular weight is 225 g/mol. The molecule has 0 fully saturated rings. The summed E-state index contributed by atoms with van der Waals surface area (Å²) in [6.45, 7) is 4.56. The van der Waals surface area contributed by atoms with E-state index in [1.807, 2.05) is 27.0 Å². The van der Waals surface area contributed by atoms with E-state index in [-0.39, 0.29) is 0 Å². The van der Waals surface area contributed by atoms with Crippen LogP contribution in [0, 0.1) is 13.8 Å². The van der Waals surface area contributed by atoms with Gasteiger partial charge in [-0.15, -0.1) is 0 Å². The Balaban J connectivity index is 2.65. The van der Waals surface area contributed by atoms with Crippen LogP contribution in [0.4, 0.5) is 0 Å². The zero-order valence-electron chi connectivity index (χ0n) is 9.02. The van der Waals surface area contributed by atoms with Gasteiger partial charge in [0.15, 0.2) is 5.58 Å². The second-order valence-corrected chi connectivity index (χ2v) is 4.00. The lowest BCUT2D eigenvalue weighted by Crippen LogP contribution is -2.04. The molecule has 0 aliphatic rings. The van der Waals surface area contributed by atoms with Gasteiger partial charge in [-0.2, -0.15) is 0 Å². The minimum absolute atomic E-state index is 0.630. The van der Waals surface area contributed by atoms with Gasteiger partial charge in [0.1, 0.15) is 5.52 Å². The number of hydrogen-bond donors (Lipinski definition) is 1. The van der Waals surface area contributed by atoms with Gasteiger partial charge >= 0.3 is 0 Å². The van der Waals surface area contributed by atoms with Gasteiger partial charge in [0.25, 0.3) is 0 Å². The van der Waals surface area contributed by atoms with Gasteiger partial charge in [-0.3, -0.25) is 0 Å². The van der Waals surface area contributed by atoms with E-state index in [9.17, 15) is 0 Å². The summed E-state index contributed by atoms with van der Waals surface area (Å²) < 4.78 is 5.59. The first-order valence-corrected chi connectivity index (χ1v) is 5.21. The Hall–Kier alpha value is -1.06. The van der Waals surface area contributed by atoms with Gasteiger partial charge in [-0.1, -0.05) is 11.6 Å². The fraction of sp³-hybridized carbons (Fsp3) is 0.364. The molecule has 2 aromatic rings. The molecule has 0 saturated heterocycles. The molecule has 0 spiro atoms. The maximum atomic E-state index is 6.15. The lowest BCUT2D eigenvalue weighted by Gasteiger charge is -2.00. The van der Waals surface area contributed by atoms with E-state index in [1.165, 1.54) is 0 Å². The van der Waals surface area contributed by atoms with Crippen molar-refractivity contribution in [3.05, 3.63) is 28.1 Å². The van der Waals surface area contributed by atoms with Gasteiger partial charge in [0.2, 0.25) is 5.89 Å². The normalized spacial score (nSPS) is 11.2. The quantitative estimate of drug-likeness (QED) is 0.853. The number of nitrogens with one attached hydrogen (secondary N) is 1. The van der Waals surface area contributed by atoms with Crippen molar-refractivity contribution in [1.82, 2.24) is 10.3 Å². The molecule has 1 aromatic carbocycles. The Morgan fingerprint density at radius 3 is 2.87 bits per heavy atom. The minimum atomic E-state index is 0.630. The lowest BCUT2D eigenvalue weighted by molar-refractivity contribution is 0.511. The lowest BCUT2D eigenvalue weighted by atomic mass is 10.1. The molecule has 15 heavy (non-hydrogen) atoms. The smallest absolute Gasteiger partial charge is 0.209 e. The van der Waals surface area contributed by atoms with E-state index >= 15 is 0 Å². The van der Waals surface area contributed by atoms with Crippen molar-refractivity contribution in [2.24, 2.45) is 0 Å². The molecule has 1 N–H and O–H groups in total. The number of nitrogens with zero attached hydrogens (tertiary/aromatic N) is 1. The van der Waals surface area contributed by atoms with Crippen LogP contribution in [-0.2, 0) is 6.54 Å². The molecule has 4 heteroatoms. The third-order valence-electron chi connectivity index (χ3n) is 2.40. The predicted octanol–water partition coefficient (Wildman–Crippen LogP) is 2.82. The van der Waals surface area contributed by atoms with Crippen LogP contribution in [0.2, 0.25) is 5.02 Å². The summed E-state index contributed by atoms with van der Waals surface area (Å²) >= 11 is 6.15. The molecule has 1 aromatic heterocycles. The van der Waals surface area contributed by atoms with Crippen LogP contribution >= 0.6 is 11.6 Å². The van der Waals surface area contributed by atoms with Crippen molar-refractivity contribution in [1.29, 1.82) is 0 Å². The summed E-state index contributed by atoms with van der Waals surface area (Å²) in [4.78, 5) is 4.39. The molecule has 0 aliphatic carbocycles. The van der Waals surface area contributed by atoms with E-state index < -0.39 is 0 Å². The van der Waals surface area contributed by atoms with Crippen molar-refractivity contribution in [2.75, 3.05) is 7.05 Å². The fourth-order valence-corrected chi connectivity index (χ4v) is 1.77. The minimum Gasteiger partial charge on any atom is -0.439 e. The van der Waals surface area contributed by atoms with Crippen LogP contribution < -0.4 is 5.32 Å². The van der Waals surface area contributed by atoms with Crippen molar-refractivity contribution >= 4 is 22.7 Å². The van der Waals surface area contributed by atoms with Gasteiger partial charge in [0, 0.05) is 5.02 Å². The second-order valence-electron chi connectivity index (χ2n) is 3.62. The molecule has 0 saturated carbocycles. The van der Waals surface area contributed by atoms with Crippen molar-refractivity contribution in [3.8, 4) is 0 Å². The molecule has 1 heterocycles. The Morgan fingerprint density at radius 2 is 2.20 bits per heavy atom. The van der Waals surface area contributed by atoms with E-state index in [0.29, 0.717) is 12.4 Å². The topological polar surface area (TPSA) is 38.1 Å². The van der Waals surface area contributed by atoms with E-state index in [0.717, 1.165) is 27.2 Å². The van der Waals surface area contributed by atoms with Gasteiger partial charge in [-0.25, -0.2) is 4.98 Å². The molecule has 3 nitrogen and oxygen atoms in total. The Morgan fingerprint density at radius 1 is 1.47 bits per heavy atom. The molecular weight excluding hydrogens is 212 g/mol. The third kappa shape index (κ3) is 1.73. The van der Waals surface area contributed by atoms with Crippen LogP contribution in [0.15, 0.2) is 10.5 Å². The molecule has 0 unspecified atom stereocenters. The highest BCUT2D eigenvalue weighted by Crippen LogP contribution is 2.28. The van der Waals surface area contributed by atoms with E-state index in [4.69, 9.17) is 16.0 Å². The molecule has 80 valence electrons. The van der Waals surface area contributed by atoms with Crippen LogP contribution in [-0.4, -0.2) is 12.0 Å². The SMILES string of the molecule is CNCc1nc2c(C)c(Cl)c(C)cc2o1. The summed E-state index contributed by atoms with van der Waals surface area (Å²) in [7, 11) is 1.86. The highest BCUT2D eigenvalue weighted by molar-refractivity contribution is 6.33. The molecule has 0 atom stereocenters. The summed E-state index contributed by atoms with van der Waals surface area (Å²) in [5, 5.41) is 3.77. The first-order valence-electron chi connectivity index (χ1n) is 4.83. The number of aromatic nitrogens is 1. The molecule has 0 radical (unpaired) electrons. The molecule has 0 amide bonds. The third-order valence-corrected chi connectivity index (χ3v) is 2.99. The summed E-state index contributed by atoms with van der Waals surface area (Å²) in [6, 6.07) is 1.93. The Labute approximate surface area is 93.4 Å². The number of fused-ring (bicyclic) bond motifs is 1. The first kappa shape index (κ1) is 10.5. The van der Waals surface area contributed by atoms with Crippen LogP contribution in [0.5, 0.6) is 0 Å². The monoisotopic (exact) mass is 224 g/mol. The average Bonchev–Trinajstić information content (AvgIpc) is 2.58. The number of oxazole rings is 1. The first-order chi connectivity index (χ1) is 7.13. The van der Waals surface area contributed by atoms with Gasteiger partial charge in [-0.05, 0) is 38.1 Å². The standard InChI is InChI=1S/C11H13ClN2O/c1-6-4-8-11(7(2)10(6)12)14-9(15-8)5-13-3/h4,13H,5H2,1-3H3. The van der Waals surface area contributed by atoms with Gasteiger partial charge < -0.3 is 9.73 Å². The summed E-state index contributed by atoms with van der Waals surface area (Å²) in [6.07, 6.45) is 0. The highest BCUT2D eigenvalue weighted by atomic mass is 35.5. The predicted molar refractivity (Wildman–Crippen MR) is 61.3 cm³/mol. The summed E-state index contributed by atoms with van der Waals surface area (Å²) in [5.74, 6) is 0.692. The second kappa shape index (κ2) is 3.83. The van der Waals surface area contributed by atoms with Crippen LogP contribution in [0.25, 0.3) is 11.1 Å². The number of rotatable bonds is 2. The molecule has 0 bridgehead atoms. The highest BCUT2D eigenvalue weighted by Gasteiger charge is 2.11. The van der Waals surface area contributed by atoms with E-state index in [1.54, 1.807) is 0 Å².